The van der Waals surface area contributed by atoms with Gasteiger partial charge < -0.3 is 10.6 Å². The lowest BCUT2D eigenvalue weighted by Crippen LogP contribution is -2.36. The number of nitrogens with one attached hydrogen (secondary N) is 1. The molecule has 7 nitrogen and oxygen atoms in total. The van der Waals surface area contributed by atoms with E-state index < -0.39 is 11.2 Å². The lowest BCUT2D eigenvalue weighted by Gasteiger charge is -2.11. The summed E-state index contributed by atoms with van der Waals surface area (Å²) in [6.45, 7) is -0.146. The van der Waals surface area contributed by atoms with Gasteiger partial charge in [0.05, 0.1) is 0 Å². The molecule has 0 spiro atoms. The number of H-pyrrole nitrogens is 1. The Hall–Kier alpha value is -2.05. The van der Waals surface area contributed by atoms with Gasteiger partial charge in [0.2, 0.25) is 5.91 Å². The summed E-state index contributed by atoms with van der Waals surface area (Å²) in [5, 5.41) is 0. The maximum Gasteiger partial charge on any atom is 0.328 e. The number of likely N-dealkylation sites (N-methyl/N-ethyl adjacent to an activating group) is 1. The van der Waals surface area contributed by atoms with E-state index >= 15 is 0 Å². The zero-order chi connectivity index (χ0) is 11.6. The van der Waals surface area contributed by atoms with Crippen molar-refractivity contribution >= 4 is 11.6 Å². The molecule has 15 heavy (non-hydrogen) atoms. The number of hydrogen-bond donors (Lipinski definition) is 2. The van der Waals surface area contributed by atoms with E-state index in [1.54, 1.807) is 14.1 Å². The Morgan fingerprint density at radius 3 is 2.67 bits per heavy atom. The van der Waals surface area contributed by atoms with E-state index in [1.165, 1.54) is 4.90 Å². The van der Waals surface area contributed by atoms with E-state index in [4.69, 9.17) is 5.73 Å². The SMILES string of the molecule is CN(C)C(=O)Cn1cc(N)c(=O)[nH]c1=O. The average Bonchev–Trinajstić information content (AvgIpc) is 2.13. The smallest absolute Gasteiger partial charge is 0.328 e. The van der Waals surface area contributed by atoms with Crippen molar-refractivity contribution < 1.29 is 4.79 Å². The van der Waals surface area contributed by atoms with Gasteiger partial charge in [-0.25, -0.2) is 4.79 Å². The molecule has 0 aliphatic carbocycles. The van der Waals surface area contributed by atoms with Crippen LogP contribution in [0.1, 0.15) is 0 Å². The van der Waals surface area contributed by atoms with Gasteiger partial charge in [-0.3, -0.25) is 19.1 Å². The Balaban J connectivity index is 3.07. The summed E-state index contributed by atoms with van der Waals surface area (Å²) in [6.07, 6.45) is 1.16. The summed E-state index contributed by atoms with van der Waals surface area (Å²) in [7, 11) is 3.14. The molecule has 0 aliphatic rings. The van der Waals surface area contributed by atoms with Crippen LogP contribution in [0.4, 0.5) is 5.69 Å². The van der Waals surface area contributed by atoms with Crippen molar-refractivity contribution in [3.8, 4) is 0 Å². The van der Waals surface area contributed by atoms with Crippen LogP contribution in [0.2, 0.25) is 0 Å². The Labute approximate surface area is 85.1 Å². The molecular formula is C8H12N4O3. The number of hydrogen-bond acceptors (Lipinski definition) is 4. The number of carbonyl (C=O) groups excluding carboxylic acids is 1. The molecule has 0 atom stereocenters. The highest BCUT2D eigenvalue weighted by Gasteiger charge is 2.07. The predicted octanol–water partition coefficient (Wildman–Crippen LogP) is -1.79. The van der Waals surface area contributed by atoms with Crippen LogP contribution in [0, 0.1) is 0 Å². The molecule has 3 N–H and O–H groups in total. The highest BCUT2D eigenvalue weighted by atomic mass is 16.2. The molecule has 0 aromatic carbocycles. The third kappa shape index (κ3) is 2.46. The maximum atomic E-state index is 11.3. The molecule has 0 fully saturated rings. The fraction of sp³-hybridized carbons (Fsp3) is 0.375. The monoisotopic (exact) mass is 212 g/mol. The Morgan fingerprint density at radius 1 is 1.53 bits per heavy atom. The summed E-state index contributed by atoms with van der Waals surface area (Å²) in [6, 6.07) is 0. The van der Waals surface area contributed by atoms with E-state index in [-0.39, 0.29) is 18.1 Å². The topological polar surface area (TPSA) is 101 Å². The quantitative estimate of drug-likeness (QED) is 0.604. The van der Waals surface area contributed by atoms with E-state index in [2.05, 4.69) is 0 Å². The highest BCUT2D eigenvalue weighted by molar-refractivity contribution is 5.75. The molecule has 0 radical (unpaired) electrons. The van der Waals surface area contributed by atoms with Crippen LogP contribution in [0.15, 0.2) is 15.8 Å². The lowest BCUT2D eigenvalue weighted by atomic mass is 10.5. The fourth-order valence-electron chi connectivity index (χ4n) is 0.931. The van der Waals surface area contributed by atoms with Crippen LogP contribution < -0.4 is 17.0 Å². The normalized spacial score (nSPS) is 10.0. The predicted molar refractivity (Wildman–Crippen MR) is 54.4 cm³/mol. The van der Waals surface area contributed by atoms with Gasteiger partial charge in [-0.1, -0.05) is 0 Å². The fourth-order valence-corrected chi connectivity index (χ4v) is 0.931. The molecule has 0 unspecified atom stereocenters. The molecule has 7 heteroatoms. The van der Waals surface area contributed by atoms with Gasteiger partial charge >= 0.3 is 5.69 Å². The Morgan fingerprint density at radius 2 is 2.13 bits per heavy atom. The minimum atomic E-state index is -0.649. The summed E-state index contributed by atoms with van der Waals surface area (Å²) < 4.78 is 1.05. The van der Waals surface area contributed by atoms with Gasteiger partial charge in [0, 0.05) is 20.3 Å². The second-order valence-electron chi connectivity index (χ2n) is 3.26. The van der Waals surface area contributed by atoms with Crippen molar-refractivity contribution in [3.05, 3.63) is 27.0 Å². The van der Waals surface area contributed by atoms with E-state index in [9.17, 15) is 14.4 Å². The van der Waals surface area contributed by atoms with Gasteiger partial charge in [0.25, 0.3) is 5.56 Å². The summed E-state index contributed by atoms with van der Waals surface area (Å²) >= 11 is 0. The first-order chi connectivity index (χ1) is 6.91. The average molecular weight is 212 g/mol. The standard InChI is InChI=1S/C8H12N4O3/c1-11(2)6(13)4-12-3-5(9)7(14)10-8(12)15/h3H,4,9H2,1-2H3,(H,10,14,15). The molecule has 0 saturated carbocycles. The number of nitrogen functional groups attached to an aromatic ring is 1. The van der Waals surface area contributed by atoms with Crippen molar-refractivity contribution in [1.29, 1.82) is 0 Å². The second kappa shape index (κ2) is 3.99. The first-order valence-electron chi connectivity index (χ1n) is 4.21. The number of amides is 1. The van der Waals surface area contributed by atoms with Crippen LogP contribution in [0.25, 0.3) is 0 Å². The molecule has 1 amide bonds. The Kier molecular flexibility index (Phi) is 2.93. The van der Waals surface area contributed by atoms with Gasteiger partial charge in [-0.05, 0) is 0 Å². The summed E-state index contributed by atoms with van der Waals surface area (Å²) in [5.41, 5.74) is 3.92. The third-order valence-electron chi connectivity index (χ3n) is 1.84. The van der Waals surface area contributed by atoms with Gasteiger partial charge in [0.15, 0.2) is 0 Å². The van der Waals surface area contributed by atoms with Crippen molar-refractivity contribution in [2.24, 2.45) is 0 Å². The zero-order valence-electron chi connectivity index (χ0n) is 8.48. The van der Waals surface area contributed by atoms with Crippen molar-refractivity contribution in [1.82, 2.24) is 14.5 Å². The van der Waals surface area contributed by atoms with Crippen molar-refractivity contribution in [3.63, 3.8) is 0 Å². The number of aromatic amines is 1. The van der Waals surface area contributed by atoms with Crippen LogP contribution in [0.3, 0.4) is 0 Å². The lowest BCUT2D eigenvalue weighted by molar-refractivity contribution is -0.129. The number of rotatable bonds is 2. The van der Waals surface area contributed by atoms with Crippen LogP contribution in [0.5, 0.6) is 0 Å². The zero-order valence-corrected chi connectivity index (χ0v) is 8.48. The molecule has 0 bridgehead atoms. The molecule has 1 rings (SSSR count). The summed E-state index contributed by atoms with van der Waals surface area (Å²) in [5.74, 6) is -0.261. The van der Waals surface area contributed by atoms with Gasteiger partial charge in [0.1, 0.15) is 12.2 Å². The summed E-state index contributed by atoms with van der Waals surface area (Å²) in [4.78, 5) is 36.8. The number of nitrogens with zero attached hydrogens (tertiary/aromatic N) is 2. The molecule has 0 aliphatic heterocycles. The van der Waals surface area contributed by atoms with E-state index in [1.807, 2.05) is 4.98 Å². The minimum absolute atomic E-state index is 0.0962. The molecule has 0 saturated heterocycles. The molecule has 1 aromatic heterocycles. The van der Waals surface area contributed by atoms with Crippen molar-refractivity contribution in [2.45, 2.75) is 6.54 Å². The molecule has 82 valence electrons. The highest BCUT2D eigenvalue weighted by Crippen LogP contribution is 1.89. The first kappa shape index (κ1) is 11.0. The van der Waals surface area contributed by atoms with Gasteiger partial charge in [-0.15, -0.1) is 0 Å². The number of nitrogens with two attached hydrogens (primary N) is 1. The van der Waals surface area contributed by atoms with E-state index in [0.717, 1.165) is 10.8 Å². The minimum Gasteiger partial charge on any atom is -0.393 e. The van der Waals surface area contributed by atoms with E-state index in [0.29, 0.717) is 0 Å². The second-order valence-corrected chi connectivity index (χ2v) is 3.26. The molecule has 1 heterocycles. The largest absolute Gasteiger partial charge is 0.393 e. The van der Waals surface area contributed by atoms with Crippen LogP contribution >= 0.6 is 0 Å². The number of anilines is 1. The third-order valence-corrected chi connectivity index (χ3v) is 1.84. The van der Waals surface area contributed by atoms with Crippen molar-refractivity contribution in [2.75, 3.05) is 19.8 Å². The number of carbonyl (C=O) groups is 1. The first-order valence-corrected chi connectivity index (χ1v) is 4.21. The Bertz CT molecular complexity index is 485. The van der Waals surface area contributed by atoms with Gasteiger partial charge in [-0.2, -0.15) is 0 Å². The molecule has 1 aromatic rings. The number of aromatic nitrogens is 2. The maximum absolute atomic E-state index is 11.3. The molecular weight excluding hydrogens is 200 g/mol. The van der Waals surface area contributed by atoms with Crippen LogP contribution in [-0.4, -0.2) is 34.5 Å². The van der Waals surface area contributed by atoms with Crippen LogP contribution in [-0.2, 0) is 11.3 Å².